The Morgan fingerprint density at radius 3 is 2.60 bits per heavy atom. The van der Waals surface area contributed by atoms with Gasteiger partial charge in [-0.25, -0.2) is 4.39 Å². The minimum Gasteiger partial charge on any atom is -0.330 e. The first kappa shape index (κ1) is 19.2. The summed E-state index contributed by atoms with van der Waals surface area (Å²) in [5, 5.41) is 13.9. The van der Waals surface area contributed by atoms with Gasteiger partial charge >= 0.3 is 0 Å². The van der Waals surface area contributed by atoms with Crippen LogP contribution in [0.3, 0.4) is 0 Å². The van der Waals surface area contributed by atoms with Gasteiger partial charge in [-0.3, -0.25) is 4.79 Å². The third-order valence-corrected chi connectivity index (χ3v) is 4.44. The number of para-hydroxylation sites is 1. The molecule has 0 aliphatic heterocycles. The fourth-order valence-electron chi connectivity index (χ4n) is 2.45. The summed E-state index contributed by atoms with van der Waals surface area (Å²) in [6.07, 6.45) is 0. The average Bonchev–Trinajstić information content (AvgIpc) is 2.58. The van der Waals surface area contributed by atoms with E-state index in [0.717, 1.165) is 0 Å². The molecule has 25 heavy (non-hydrogen) atoms. The van der Waals surface area contributed by atoms with Crippen molar-refractivity contribution in [1.29, 1.82) is 5.26 Å². The maximum atomic E-state index is 13.7. The second kappa shape index (κ2) is 8.30. The molecule has 2 atom stereocenters. The van der Waals surface area contributed by atoms with E-state index in [1.54, 1.807) is 36.5 Å². The molecular weight excluding hydrogens is 364 g/mol. The number of nitrogens with two attached hydrogens (primary N) is 1. The minimum absolute atomic E-state index is 0.0418. The monoisotopic (exact) mass is 380 g/mol. The summed E-state index contributed by atoms with van der Waals surface area (Å²) >= 11 is 11.8. The van der Waals surface area contributed by atoms with Gasteiger partial charge in [0, 0.05) is 5.56 Å². The Hall–Kier alpha value is -2.13. The highest BCUT2D eigenvalue weighted by Crippen LogP contribution is 2.27. The average molecular weight is 381 g/mol. The first-order valence-electron chi connectivity index (χ1n) is 7.63. The molecule has 0 heterocycles. The Morgan fingerprint density at radius 1 is 1.24 bits per heavy atom. The summed E-state index contributed by atoms with van der Waals surface area (Å²) in [4.78, 5) is 12.4. The van der Waals surface area contributed by atoms with Crippen molar-refractivity contribution in [2.75, 3.05) is 5.32 Å². The van der Waals surface area contributed by atoms with Gasteiger partial charge < -0.3 is 10.6 Å². The molecule has 130 valence electrons. The van der Waals surface area contributed by atoms with Gasteiger partial charge in [-0.15, -0.1) is 0 Å². The molecule has 1 amide bonds. The number of benzene rings is 2. The maximum absolute atomic E-state index is 13.7. The van der Waals surface area contributed by atoms with Crippen LogP contribution in [0.1, 0.15) is 31.0 Å². The van der Waals surface area contributed by atoms with Crippen molar-refractivity contribution in [2.45, 2.75) is 25.9 Å². The van der Waals surface area contributed by atoms with Gasteiger partial charge in [-0.2, -0.15) is 5.26 Å². The van der Waals surface area contributed by atoms with Crippen molar-refractivity contribution in [3.8, 4) is 6.07 Å². The smallest absolute Gasteiger partial charge is 0.282 e. The van der Waals surface area contributed by atoms with E-state index in [0.29, 0.717) is 21.8 Å². The molecule has 0 aliphatic rings. The number of rotatable bonds is 5. The molecule has 4 nitrogen and oxygen atoms in total. The van der Waals surface area contributed by atoms with Crippen molar-refractivity contribution < 1.29 is 14.5 Å². The van der Waals surface area contributed by atoms with Crippen LogP contribution < -0.4 is 10.6 Å². The summed E-state index contributed by atoms with van der Waals surface area (Å²) in [6.45, 7) is 3.54. The lowest BCUT2D eigenvalue weighted by molar-refractivity contribution is -0.709. The van der Waals surface area contributed by atoms with Crippen LogP contribution in [0.5, 0.6) is 0 Å². The number of hydrogen-bond donors (Lipinski definition) is 2. The Labute approximate surface area is 155 Å². The van der Waals surface area contributed by atoms with Crippen LogP contribution in [-0.4, -0.2) is 11.9 Å². The summed E-state index contributed by atoms with van der Waals surface area (Å²) in [5.41, 5.74) is 1.40. The fourth-order valence-corrected chi connectivity index (χ4v) is 3.00. The van der Waals surface area contributed by atoms with Gasteiger partial charge in [0.15, 0.2) is 6.04 Å². The number of halogens is 3. The number of carbonyl (C=O) groups is 1. The second-order valence-electron chi connectivity index (χ2n) is 5.70. The summed E-state index contributed by atoms with van der Waals surface area (Å²) in [7, 11) is 0. The Bertz CT molecular complexity index is 836. The van der Waals surface area contributed by atoms with Crippen LogP contribution in [0.25, 0.3) is 0 Å². The molecule has 0 saturated carbocycles. The van der Waals surface area contributed by atoms with Crippen LogP contribution in [-0.2, 0) is 4.79 Å². The quantitative estimate of drug-likeness (QED) is 0.777. The van der Waals surface area contributed by atoms with E-state index in [4.69, 9.17) is 28.5 Å². The summed E-state index contributed by atoms with van der Waals surface area (Å²) in [6, 6.07) is 10.7. The van der Waals surface area contributed by atoms with Gasteiger partial charge in [0.2, 0.25) is 0 Å². The molecule has 0 aromatic heterocycles. The molecule has 2 aromatic carbocycles. The van der Waals surface area contributed by atoms with E-state index >= 15 is 0 Å². The molecule has 2 rings (SSSR count). The van der Waals surface area contributed by atoms with E-state index in [1.807, 2.05) is 13.0 Å². The summed E-state index contributed by atoms with van der Waals surface area (Å²) in [5.74, 6) is -0.818. The van der Waals surface area contributed by atoms with Gasteiger partial charge in [-0.1, -0.05) is 35.3 Å². The van der Waals surface area contributed by atoms with Gasteiger partial charge in [0.1, 0.15) is 17.9 Å². The van der Waals surface area contributed by atoms with Gasteiger partial charge in [0.25, 0.3) is 5.91 Å². The summed E-state index contributed by atoms with van der Waals surface area (Å²) < 4.78 is 13.7. The van der Waals surface area contributed by atoms with E-state index in [9.17, 15) is 9.18 Å². The number of hydrogen-bond acceptors (Lipinski definition) is 2. The molecule has 2 aromatic rings. The maximum Gasteiger partial charge on any atom is 0.282 e. The number of nitrogens with one attached hydrogen (secondary N) is 1. The molecule has 0 spiro atoms. The predicted octanol–water partition coefficient (Wildman–Crippen LogP) is 3.66. The lowest BCUT2D eigenvalue weighted by atomic mass is 10.1. The highest BCUT2D eigenvalue weighted by Gasteiger charge is 2.23. The zero-order chi connectivity index (χ0) is 18.6. The zero-order valence-electron chi connectivity index (χ0n) is 13.7. The number of nitrogens with zero attached hydrogens (tertiary/aromatic N) is 1. The van der Waals surface area contributed by atoms with Crippen molar-refractivity contribution >= 4 is 34.8 Å². The van der Waals surface area contributed by atoms with E-state index in [1.165, 1.54) is 12.1 Å². The van der Waals surface area contributed by atoms with Crippen LogP contribution in [0.4, 0.5) is 10.1 Å². The van der Waals surface area contributed by atoms with Gasteiger partial charge in [0.05, 0.1) is 21.3 Å². The topological polar surface area (TPSA) is 69.5 Å². The number of carbonyl (C=O) groups excluding carboxylic acids is 1. The zero-order valence-corrected chi connectivity index (χ0v) is 15.2. The molecule has 0 bridgehead atoms. The van der Waals surface area contributed by atoms with Crippen LogP contribution in [0, 0.1) is 17.1 Å². The molecule has 0 unspecified atom stereocenters. The Kier molecular flexibility index (Phi) is 6.38. The molecule has 0 fully saturated rings. The van der Waals surface area contributed by atoms with Crippen LogP contribution >= 0.6 is 23.2 Å². The van der Waals surface area contributed by atoms with E-state index in [2.05, 4.69) is 5.32 Å². The molecule has 0 radical (unpaired) electrons. The van der Waals surface area contributed by atoms with Crippen LogP contribution in [0.2, 0.25) is 10.0 Å². The van der Waals surface area contributed by atoms with E-state index < -0.39 is 11.9 Å². The molecule has 0 saturated heterocycles. The highest BCUT2D eigenvalue weighted by molar-refractivity contribution is 6.35. The Balaban J connectivity index is 2.08. The number of anilines is 1. The van der Waals surface area contributed by atoms with Crippen molar-refractivity contribution in [2.24, 2.45) is 0 Å². The SMILES string of the molecule is C[C@@H]([NH2+][C@H](C)c1cc(F)c(Cl)cc1Cl)C(=O)Nc1ccccc1C#N. The molecule has 7 heteroatoms. The Morgan fingerprint density at radius 2 is 1.92 bits per heavy atom. The molecular formula is C18H17Cl2FN3O+. The largest absolute Gasteiger partial charge is 0.330 e. The normalized spacial score (nSPS) is 13.0. The lowest BCUT2D eigenvalue weighted by Gasteiger charge is -2.18. The van der Waals surface area contributed by atoms with Crippen molar-refractivity contribution in [3.05, 3.63) is 63.4 Å². The van der Waals surface area contributed by atoms with Crippen LogP contribution in [0.15, 0.2) is 36.4 Å². The third kappa shape index (κ3) is 4.70. The van der Waals surface area contributed by atoms with Crippen molar-refractivity contribution in [3.63, 3.8) is 0 Å². The minimum atomic E-state index is -0.554. The third-order valence-electron chi connectivity index (χ3n) is 3.83. The van der Waals surface area contributed by atoms with Crippen molar-refractivity contribution in [1.82, 2.24) is 0 Å². The molecule has 3 N–H and O–H groups in total. The predicted molar refractivity (Wildman–Crippen MR) is 96.0 cm³/mol. The highest BCUT2D eigenvalue weighted by atomic mass is 35.5. The number of quaternary nitrogens is 1. The first-order chi connectivity index (χ1) is 11.8. The first-order valence-corrected chi connectivity index (χ1v) is 8.38. The lowest BCUT2D eigenvalue weighted by Crippen LogP contribution is -2.91. The fraction of sp³-hybridized carbons (Fsp3) is 0.222. The number of amides is 1. The van der Waals surface area contributed by atoms with E-state index in [-0.39, 0.29) is 17.0 Å². The second-order valence-corrected chi connectivity index (χ2v) is 6.52. The molecule has 0 aliphatic carbocycles. The standard InChI is InChI=1S/C18H16Cl2FN3O/c1-10(13-7-16(21)15(20)8-14(13)19)23-11(2)18(25)24-17-6-4-3-5-12(17)9-22/h3-8,10-11,23H,1-2H3,(H,24,25)/p+1/t10-,11-/m1/s1. The van der Waals surface area contributed by atoms with Gasteiger partial charge in [-0.05, 0) is 38.1 Å². The number of nitriles is 1.